The quantitative estimate of drug-likeness (QED) is 0.794. The monoisotopic (exact) mass is 341 g/mol. The lowest BCUT2D eigenvalue weighted by molar-refractivity contribution is 0.0688. The van der Waals surface area contributed by atoms with Crippen molar-refractivity contribution in [3.05, 3.63) is 70.1 Å². The molecule has 4 rings (SSSR count). The fourth-order valence-corrected chi connectivity index (χ4v) is 3.45. The van der Waals surface area contributed by atoms with Crippen molar-refractivity contribution in [1.29, 1.82) is 0 Å². The zero-order valence-electron chi connectivity index (χ0n) is 12.9. The minimum absolute atomic E-state index is 0.0936. The van der Waals surface area contributed by atoms with E-state index in [2.05, 4.69) is 28.1 Å². The number of imidazole rings is 1. The Morgan fingerprint density at radius 3 is 2.79 bits per heavy atom. The molecule has 0 atom stereocenters. The Morgan fingerprint density at radius 2 is 2.00 bits per heavy atom. The largest absolute Gasteiger partial charge is 0.476 e. The first-order valence-corrected chi connectivity index (χ1v) is 8.18. The number of hydrogen-bond donors (Lipinski definition) is 1. The number of aromatic nitrogens is 2. The number of fused-ring (bicyclic) bond motifs is 2. The van der Waals surface area contributed by atoms with Gasteiger partial charge in [-0.15, -0.1) is 0 Å². The second kappa shape index (κ2) is 5.92. The van der Waals surface area contributed by atoms with Crippen molar-refractivity contribution in [3.8, 4) is 0 Å². The highest BCUT2D eigenvalue weighted by Crippen LogP contribution is 2.23. The van der Waals surface area contributed by atoms with Crippen LogP contribution in [0.5, 0.6) is 0 Å². The van der Waals surface area contributed by atoms with E-state index in [0.717, 1.165) is 19.5 Å². The molecule has 0 saturated heterocycles. The standard InChI is InChI=1S/C18H16ClN3O2/c19-14-5-6-16-20-17(18(23)24)15(22(16)10-14)11-21-8-7-12-3-1-2-4-13(12)9-21/h1-6,10H,7-9,11H2,(H,23,24). The van der Waals surface area contributed by atoms with E-state index in [1.165, 1.54) is 11.1 Å². The van der Waals surface area contributed by atoms with Crippen molar-refractivity contribution >= 4 is 23.2 Å². The van der Waals surface area contributed by atoms with Crippen LogP contribution in [0.3, 0.4) is 0 Å². The highest BCUT2D eigenvalue weighted by atomic mass is 35.5. The topological polar surface area (TPSA) is 57.8 Å². The van der Waals surface area contributed by atoms with Gasteiger partial charge in [0, 0.05) is 25.8 Å². The molecule has 3 aromatic rings. The van der Waals surface area contributed by atoms with Gasteiger partial charge in [0.25, 0.3) is 0 Å². The minimum atomic E-state index is -1.01. The van der Waals surface area contributed by atoms with Gasteiger partial charge in [0.15, 0.2) is 5.69 Å². The number of benzene rings is 1. The average Bonchev–Trinajstić information content (AvgIpc) is 2.93. The lowest BCUT2D eigenvalue weighted by Crippen LogP contribution is -2.31. The van der Waals surface area contributed by atoms with E-state index < -0.39 is 5.97 Å². The van der Waals surface area contributed by atoms with Crippen LogP contribution in [0, 0.1) is 0 Å². The van der Waals surface area contributed by atoms with Crippen LogP contribution in [-0.2, 0) is 19.5 Å². The summed E-state index contributed by atoms with van der Waals surface area (Å²) in [6.07, 6.45) is 2.69. The maximum absolute atomic E-state index is 11.6. The fraction of sp³-hybridized carbons (Fsp3) is 0.222. The molecule has 6 heteroatoms. The number of pyridine rings is 1. The zero-order chi connectivity index (χ0) is 16.7. The predicted molar refractivity (Wildman–Crippen MR) is 91.4 cm³/mol. The molecule has 1 N–H and O–H groups in total. The maximum Gasteiger partial charge on any atom is 0.356 e. The van der Waals surface area contributed by atoms with Gasteiger partial charge in [-0.05, 0) is 29.7 Å². The average molecular weight is 342 g/mol. The first kappa shape index (κ1) is 15.2. The molecule has 5 nitrogen and oxygen atoms in total. The Kier molecular flexibility index (Phi) is 3.75. The molecule has 0 fully saturated rings. The molecule has 0 aliphatic carbocycles. The van der Waals surface area contributed by atoms with E-state index in [-0.39, 0.29) is 5.69 Å². The van der Waals surface area contributed by atoms with E-state index in [4.69, 9.17) is 11.6 Å². The van der Waals surface area contributed by atoms with E-state index in [0.29, 0.717) is 22.9 Å². The lowest BCUT2D eigenvalue weighted by Gasteiger charge is -2.28. The van der Waals surface area contributed by atoms with Crippen LogP contribution in [0.15, 0.2) is 42.6 Å². The fourth-order valence-electron chi connectivity index (χ4n) is 3.29. The molecule has 122 valence electrons. The summed E-state index contributed by atoms with van der Waals surface area (Å²) in [6.45, 7) is 2.23. The van der Waals surface area contributed by atoms with Crippen LogP contribution >= 0.6 is 11.6 Å². The Balaban J connectivity index is 1.70. The van der Waals surface area contributed by atoms with Crippen LogP contribution in [0.4, 0.5) is 0 Å². The van der Waals surface area contributed by atoms with Crippen LogP contribution < -0.4 is 0 Å². The number of carbonyl (C=O) groups is 1. The summed E-state index contributed by atoms with van der Waals surface area (Å²) < 4.78 is 1.78. The van der Waals surface area contributed by atoms with Gasteiger partial charge in [0.2, 0.25) is 0 Å². The summed E-state index contributed by atoms with van der Waals surface area (Å²) in [7, 11) is 0. The zero-order valence-corrected chi connectivity index (χ0v) is 13.7. The molecule has 0 saturated carbocycles. The van der Waals surface area contributed by atoms with Gasteiger partial charge in [-0.1, -0.05) is 35.9 Å². The van der Waals surface area contributed by atoms with Crippen LogP contribution in [-0.4, -0.2) is 31.9 Å². The van der Waals surface area contributed by atoms with E-state index >= 15 is 0 Å². The maximum atomic E-state index is 11.6. The second-order valence-corrected chi connectivity index (χ2v) is 6.45. The van der Waals surface area contributed by atoms with Crippen molar-refractivity contribution in [3.63, 3.8) is 0 Å². The third-order valence-electron chi connectivity index (χ3n) is 4.47. The number of rotatable bonds is 3. The smallest absolute Gasteiger partial charge is 0.356 e. The van der Waals surface area contributed by atoms with Crippen molar-refractivity contribution in [2.24, 2.45) is 0 Å². The summed E-state index contributed by atoms with van der Waals surface area (Å²) in [5, 5.41) is 10.1. The summed E-state index contributed by atoms with van der Waals surface area (Å²) in [6, 6.07) is 11.8. The molecule has 0 unspecified atom stereocenters. The number of carboxylic acids is 1. The molecule has 3 heterocycles. The number of hydrogen-bond acceptors (Lipinski definition) is 3. The van der Waals surface area contributed by atoms with Crippen molar-refractivity contribution in [2.45, 2.75) is 19.5 Å². The van der Waals surface area contributed by atoms with E-state index in [1.54, 1.807) is 22.7 Å². The summed E-state index contributed by atoms with van der Waals surface area (Å²) in [5.41, 5.74) is 4.03. The SMILES string of the molecule is O=C(O)c1nc2ccc(Cl)cn2c1CN1CCc2ccccc2C1. The highest BCUT2D eigenvalue weighted by molar-refractivity contribution is 6.30. The lowest BCUT2D eigenvalue weighted by atomic mass is 10.00. The highest BCUT2D eigenvalue weighted by Gasteiger charge is 2.23. The third kappa shape index (κ3) is 2.66. The number of halogens is 1. The Morgan fingerprint density at radius 1 is 1.21 bits per heavy atom. The Bertz CT molecular complexity index is 935. The third-order valence-corrected chi connectivity index (χ3v) is 4.69. The molecule has 1 aliphatic rings. The molecule has 1 aliphatic heterocycles. The van der Waals surface area contributed by atoms with Gasteiger partial charge in [0.1, 0.15) is 5.65 Å². The van der Waals surface area contributed by atoms with Gasteiger partial charge in [-0.25, -0.2) is 9.78 Å². The summed E-state index contributed by atoms with van der Waals surface area (Å²) >= 11 is 6.08. The molecule has 1 aromatic carbocycles. The molecular formula is C18H16ClN3O2. The van der Waals surface area contributed by atoms with Crippen molar-refractivity contribution in [2.75, 3.05) is 6.54 Å². The molecule has 24 heavy (non-hydrogen) atoms. The van der Waals surface area contributed by atoms with Crippen LogP contribution in [0.25, 0.3) is 5.65 Å². The molecule has 0 amide bonds. The van der Waals surface area contributed by atoms with Gasteiger partial charge >= 0.3 is 5.97 Å². The number of nitrogens with zero attached hydrogens (tertiary/aromatic N) is 3. The second-order valence-electron chi connectivity index (χ2n) is 6.02. The summed E-state index contributed by atoms with van der Waals surface area (Å²) in [5.74, 6) is -1.01. The molecule has 2 aromatic heterocycles. The predicted octanol–water partition coefficient (Wildman–Crippen LogP) is 3.24. The molecule has 0 bridgehead atoms. The normalized spacial score (nSPS) is 14.7. The van der Waals surface area contributed by atoms with E-state index in [1.807, 2.05) is 6.07 Å². The van der Waals surface area contributed by atoms with Gasteiger partial charge in [-0.3, -0.25) is 4.90 Å². The number of carboxylic acid groups (broad SMARTS) is 1. The van der Waals surface area contributed by atoms with Gasteiger partial charge < -0.3 is 9.51 Å². The first-order chi connectivity index (χ1) is 11.6. The summed E-state index contributed by atoms with van der Waals surface area (Å²) in [4.78, 5) is 18.1. The number of aromatic carboxylic acids is 1. The van der Waals surface area contributed by atoms with E-state index in [9.17, 15) is 9.90 Å². The molecule has 0 spiro atoms. The Hall–Kier alpha value is -2.37. The van der Waals surface area contributed by atoms with Gasteiger partial charge in [0.05, 0.1) is 10.7 Å². The van der Waals surface area contributed by atoms with Crippen LogP contribution in [0.2, 0.25) is 5.02 Å². The van der Waals surface area contributed by atoms with Crippen LogP contribution in [0.1, 0.15) is 27.3 Å². The molecular weight excluding hydrogens is 326 g/mol. The van der Waals surface area contributed by atoms with Crippen molar-refractivity contribution in [1.82, 2.24) is 14.3 Å². The molecule has 0 radical (unpaired) electrons. The minimum Gasteiger partial charge on any atom is -0.476 e. The van der Waals surface area contributed by atoms with Crippen molar-refractivity contribution < 1.29 is 9.90 Å². The Labute approximate surface area is 144 Å². The van der Waals surface area contributed by atoms with Gasteiger partial charge in [-0.2, -0.15) is 0 Å². The first-order valence-electron chi connectivity index (χ1n) is 7.81.